The summed E-state index contributed by atoms with van der Waals surface area (Å²) in [6.45, 7) is 1.52. The van der Waals surface area contributed by atoms with E-state index in [4.69, 9.17) is 10.2 Å². The molecule has 1 atom stereocenters. The highest BCUT2D eigenvalue weighted by Gasteiger charge is 2.42. The van der Waals surface area contributed by atoms with Crippen LogP contribution in [0.5, 0.6) is 0 Å². The molecule has 1 amide bonds. The molecule has 1 aliphatic heterocycles. The van der Waals surface area contributed by atoms with Crippen molar-refractivity contribution in [2.24, 2.45) is 5.41 Å². The van der Waals surface area contributed by atoms with Gasteiger partial charge in [0.2, 0.25) is 0 Å². The quantitative estimate of drug-likeness (QED) is 0.618. The molecule has 1 saturated heterocycles. The molecule has 1 aliphatic rings. The molecule has 1 unspecified atom stereocenters. The third kappa shape index (κ3) is 2.08. The highest BCUT2D eigenvalue weighted by molar-refractivity contribution is 6.03. The molecule has 1 rings (SSSR count). The second-order valence-electron chi connectivity index (χ2n) is 3.83. The van der Waals surface area contributed by atoms with Gasteiger partial charge in [-0.1, -0.05) is 0 Å². The summed E-state index contributed by atoms with van der Waals surface area (Å²) in [7, 11) is 0. The Hall–Kier alpha value is -1.59. The monoisotopic (exact) mass is 215 g/mol. The molecule has 0 aliphatic carbocycles. The lowest BCUT2D eigenvalue weighted by Gasteiger charge is -2.20. The van der Waals surface area contributed by atoms with Crippen LogP contribution < -0.4 is 0 Å². The number of nitrogens with zero attached hydrogens (tertiary/aromatic N) is 1. The van der Waals surface area contributed by atoms with E-state index < -0.39 is 23.3 Å². The van der Waals surface area contributed by atoms with E-state index in [2.05, 4.69) is 0 Å². The first-order chi connectivity index (χ1) is 6.88. The average Bonchev–Trinajstić information content (AvgIpc) is 2.29. The Kier molecular flexibility index (Phi) is 2.97. The number of hydrogen-bond acceptors (Lipinski definition) is 3. The van der Waals surface area contributed by atoms with Gasteiger partial charge in [-0.15, -0.1) is 0 Å². The van der Waals surface area contributed by atoms with Gasteiger partial charge >= 0.3 is 12.1 Å². The van der Waals surface area contributed by atoms with Crippen molar-refractivity contribution in [3.63, 3.8) is 0 Å². The minimum atomic E-state index is -1.44. The maximum atomic E-state index is 11.5. The minimum absolute atomic E-state index is 0.0326. The Morgan fingerprint density at radius 2 is 1.93 bits per heavy atom. The van der Waals surface area contributed by atoms with E-state index in [0.717, 1.165) is 4.90 Å². The van der Waals surface area contributed by atoms with Gasteiger partial charge in [0.1, 0.15) is 5.41 Å². The van der Waals surface area contributed by atoms with Crippen molar-refractivity contribution in [3.05, 3.63) is 0 Å². The van der Waals surface area contributed by atoms with E-state index in [1.807, 2.05) is 0 Å². The van der Waals surface area contributed by atoms with Crippen molar-refractivity contribution in [3.8, 4) is 0 Å². The fourth-order valence-electron chi connectivity index (χ4n) is 1.54. The first-order valence-corrected chi connectivity index (χ1v) is 4.62. The van der Waals surface area contributed by atoms with Gasteiger partial charge in [0.15, 0.2) is 5.78 Å². The van der Waals surface area contributed by atoms with Crippen molar-refractivity contribution in [2.75, 3.05) is 13.1 Å². The topological polar surface area (TPSA) is 94.9 Å². The molecule has 84 valence electrons. The van der Waals surface area contributed by atoms with Gasteiger partial charge in [0.05, 0.1) is 0 Å². The molecule has 15 heavy (non-hydrogen) atoms. The van der Waals surface area contributed by atoms with Crippen LogP contribution in [0.3, 0.4) is 0 Å². The second-order valence-corrected chi connectivity index (χ2v) is 3.83. The lowest BCUT2D eigenvalue weighted by Crippen LogP contribution is -2.36. The lowest BCUT2D eigenvalue weighted by atomic mass is 9.82. The standard InChI is InChI=1S/C9H13NO5/c1-9(7(12)13)3-5-10(8(14)15)4-2-6(9)11/h2-5H2,1H3,(H,12,13)(H,14,15). The number of ketones is 1. The number of Topliss-reactive ketones (excluding diaryl/α,β-unsaturated/α-hetero) is 1. The van der Waals surface area contributed by atoms with Gasteiger partial charge in [-0.25, -0.2) is 4.79 Å². The van der Waals surface area contributed by atoms with Crippen LogP contribution in [0.2, 0.25) is 0 Å². The molecular weight excluding hydrogens is 202 g/mol. The molecule has 0 radical (unpaired) electrons. The molecule has 2 N–H and O–H groups in total. The Balaban J connectivity index is 2.85. The van der Waals surface area contributed by atoms with Gasteiger partial charge in [0.25, 0.3) is 0 Å². The zero-order chi connectivity index (χ0) is 11.6. The molecule has 0 aromatic carbocycles. The maximum Gasteiger partial charge on any atom is 0.407 e. The van der Waals surface area contributed by atoms with Gasteiger partial charge in [-0.2, -0.15) is 0 Å². The van der Waals surface area contributed by atoms with Gasteiger partial charge in [0, 0.05) is 19.5 Å². The van der Waals surface area contributed by atoms with E-state index in [9.17, 15) is 14.4 Å². The van der Waals surface area contributed by atoms with Gasteiger partial charge < -0.3 is 15.1 Å². The summed E-state index contributed by atoms with van der Waals surface area (Å²) >= 11 is 0. The summed E-state index contributed by atoms with van der Waals surface area (Å²) in [4.78, 5) is 34.2. The van der Waals surface area contributed by atoms with Crippen molar-refractivity contribution in [1.29, 1.82) is 0 Å². The van der Waals surface area contributed by atoms with Crippen LogP contribution in [0.4, 0.5) is 4.79 Å². The van der Waals surface area contributed by atoms with E-state index in [1.54, 1.807) is 0 Å². The van der Waals surface area contributed by atoms with Crippen molar-refractivity contribution >= 4 is 17.8 Å². The lowest BCUT2D eigenvalue weighted by molar-refractivity contribution is -0.153. The van der Waals surface area contributed by atoms with Crippen LogP contribution in [0, 0.1) is 5.41 Å². The van der Waals surface area contributed by atoms with Crippen LogP contribution in [-0.2, 0) is 9.59 Å². The number of carbonyl (C=O) groups excluding carboxylic acids is 1. The highest BCUT2D eigenvalue weighted by Crippen LogP contribution is 2.28. The Morgan fingerprint density at radius 1 is 1.33 bits per heavy atom. The number of hydrogen-bond donors (Lipinski definition) is 2. The molecule has 0 aromatic heterocycles. The molecule has 6 heteroatoms. The predicted octanol–water partition coefficient (Wildman–Crippen LogP) is 0.420. The van der Waals surface area contributed by atoms with Crippen LogP contribution in [0.25, 0.3) is 0 Å². The van der Waals surface area contributed by atoms with Crippen LogP contribution in [0.1, 0.15) is 19.8 Å². The Morgan fingerprint density at radius 3 is 2.40 bits per heavy atom. The van der Waals surface area contributed by atoms with Crippen LogP contribution >= 0.6 is 0 Å². The molecule has 1 fully saturated rings. The molecule has 0 aromatic rings. The number of aliphatic carboxylic acids is 1. The summed E-state index contributed by atoms with van der Waals surface area (Å²) in [5.74, 6) is -1.58. The predicted molar refractivity (Wildman–Crippen MR) is 49.6 cm³/mol. The first kappa shape index (κ1) is 11.5. The van der Waals surface area contributed by atoms with Gasteiger partial charge in [-0.3, -0.25) is 9.59 Å². The summed E-state index contributed by atoms with van der Waals surface area (Å²) in [5, 5.41) is 17.7. The first-order valence-electron chi connectivity index (χ1n) is 4.62. The van der Waals surface area contributed by atoms with E-state index in [-0.39, 0.29) is 25.9 Å². The summed E-state index contributed by atoms with van der Waals surface area (Å²) < 4.78 is 0. The molecule has 6 nitrogen and oxygen atoms in total. The normalized spacial score (nSPS) is 27.3. The zero-order valence-electron chi connectivity index (χ0n) is 8.39. The Bertz CT molecular complexity index is 314. The van der Waals surface area contributed by atoms with Crippen molar-refractivity contribution in [1.82, 2.24) is 4.90 Å². The Labute approximate surface area is 86.5 Å². The van der Waals surface area contributed by atoms with Crippen molar-refractivity contribution in [2.45, 2.75) is 19.8 Å². The molecular formula is C9H13NO5. The molecule has 0 bridgehead atoms. The molecule has 0 saturated carbocycles. The largest absolute Gasteiger partial charge is 0.481 e. The average molecular weight is 215 g/mol. The number of rotatable bonds is 1. The third-order valence-corrected chi connectivity index (χ3v) is 2.85. The molecule has 1 heterocycles. The number of likely N-dealkylation sites (tertiary alicyclic amines) is 1. The van der Waals surface area contributed by atoms with Crippen LogP contribution in [-0.4, -0.2) is 46.0 Å². The number of carboxylic acid groups (broad SMARTS) is 2. The summed E-state index contributed by atoms with van der Waals surface area (Å²) in [6.07, 6.45) is -1.11. The number of carbonyl (C=O) groups is 3. The number of amides is 1. The smallest absolute Gasteiger partial charge is 0.407 e. The van der Waals surface area contributed by atoms with E-state index >= 15 is 0 Å². The van der Waals surface area contributed by atoms with E-state index in [1.165, 1.54) is 6.92 Å². The number of carboxylic acids is 1. The van der Waals surface area contributed by atoms with Crippen LogP contribution in [0.15, 0.2) is 0 Å². The third-order valence-electron chi connectivity index (χ3n) is 2.85. The fourth-order valence-corrected chi connectivity index (χ4v) is 1.54. The van der Waals surface area contributed by atoms with E-state index in [0.29, 0.717) is 0 Å². The molecule has 0 spiro atoms. The summed E-state index contributed by atoms with van der Waals surface area (Å²) in [5.41, 5.74) is -1.44. The maximum absolute atomic E-state index is 11.5. The highest BCUT2D eigenvalue weighted by atomic mass is 16.4. The summed E-state index contributed by atoms with van der Waals surface area (Å²) in [6, 6.07) is 0. The second kappa shape index (κ2) is 3.88. The zero-order valence-corrected chi connectivity index (χ0v) is 8.39. The van der Waals surface area contributed by atoms with Crippen molar-refractivity contribution < 1.29 is 24.6 Å². The fraction of sp³-hybridized carbons (Fsp3) is 0.667. The van der Waals surface area contributed by atoms with Gasteiger partial charge in [-0.05, 0) is 13.3 Å². The SMILES string of the molecule is CC1(C(=O)O)CCN(C(=O)O)CCC1=O. The minimum Gasteiger partial charge on any atom is -0.481 e.